The molecule has 0 bridgehead atoms. The summed E-state index contributed by atoms with van der Waals surface area (Å²) in [6.07, 6.45) is 1.57. The number of hydrogen-bond acceptors (Lipinski definition) is 2. The zero-order valence-corrected chi connectivity index (χ0v) is 8.05. The van der Waals surface area contributed by atoms with Gasteiger partial charge in [-0.2, -0.15) is 0 Å². The Labute approximate surface area is 79.3 Å². The fourth-order valence-electron chi connectivity index (χ4n) is 1.51. The van der Waals surface area contributed by atoms with Crippen molar-refractivity contribution >= 4 is 5.91 Å². The minimum atomic E-state index is 0.215. The largest absolute Gasteiger partial charge is 0.331 e. The minimum absolute atomic E-state index is 0.215. The van der Waals surface area contributed by atoms with Crippen LogP contribution in [0.15, 0.2) is 0 Å². The van der Waals surface area contributed by atoms with Crippen LogP contribution in [0.25, 0.3) is 0 Å². The number of hydrogen-bond donors (Lipinski definition) is 1. The van der Waals surface area contributed by atoms with Gasteiger partial charge in [0.25, 0.3) is 0 Å². The molecule has 1 aliphatic rings. The predicted molar refractivity (Wildman–Crippen MR) is 51.8 cm³/mol. The van der Waals surface area contributed by atoms with E-state index in [0.29, 0.717) is 25.4 Å². The number of rotatable bonds is 2. The van der Waals surface area contributed by atoms with Gasteiger partial charge in [0.15, 0.2) is 0 Å². The molecule has 0 spiro atoms. The summed E-state index contributed by atoms with van der Waals surface area (Å²) >= 11 is 0. The molecule has 1 heterocycles. The van der Waals surface area contributed by atoms with Crippen molar-refractivity contribution in [1.82, 2.24) is 4.90 Å². The van der Waals surface area contributed by atoms with Crippen molar-refractivity contribution in [2.75, 3.05) is 19.6 Å². The zero-order chi connectivity index (χ0) is 9.68. The van der Waals surface area contributed by atoms with E-state index in [9.17, 15) is 4.79 Å². The van der Waals surface area contributed by atoms with Crippen molar-refractivity contribution in [1.29, 1.82) is 0 Å². The Hall–Kier alpha value is -1.01. The van der Waals surface area contributed by atoms with Crippen LogP contribution < -0.4 is 5.73 Å². The quantitative estimate of drug-likeness (QED) is 0.617. The number of nitrogens with zero attached hydrogens (tertiary/aromatic N) is 1. The van der Waals surface area contributed by atoms with E-state index in [4.69, 9.17) is 5.73 Å². The van der Waals surface area contributed by atoms with E-state index in [0.717, 1.165) is 13.0 Å². The third kappa shape index (κ3) is 2.74. The van der Waals surface area contributed by atoms with Crippen LogP contribution in [0.4, 0.5) is 0 Å². The monoisotopic (exact) mass is 180 g/mol. The van der Waals surface area contributed by atoms with Crippen LogP contribution in [0.5, 0.6) is 0 Å². The minimum Gasteiger partial charge on any atom is -0.331 e. The SMILES string of the molecule is CC#CCN1CC(CN)CCC1=O. The lowest BCUT2D eigenvalue weighted by Gasteiger charge is -2.30. The predicted octanol–water partition coefficient (Wildman–Crippen LogP) is 0.207. The van der Waals surface area contributed by atoms with Crippen molar-refractivity contribution in [2.24, 2.45) is 11.7 Å². The Morgan fingerprint density at radius 1 is 1.69 bits per heavy atom. The maximum atomic E-state index is 11.4. The molecule has 0 radical (unpaired) electrons. The average molecular weight is 180 g/mol. The molecule has 1 unspecified atom stereocenters. The first kappa shape index (κ1) is 10.1. The highest BCUT2D eigenvalue weighted by molar-refractivity contribution is 5.77. The summed E-state index contributed by atoms with van der Waals surface area (Å²) in [6, 6.07) is 0. The van der Waals surface area contributed by atoms with E-state index in [1.165, 1.54) is 0 Å². The molecule has 72 valence electrons. The van der Waals surface area contributed by atoms with Crippen LogP contribution in [-0.2, 0) is 4.79 Å². The van der Waals surface area contributed by atoms with E-state index < -0.39 is 0 Å². The normalized spacial score (nSPS) is 22.5. The number of nitrogens with two attached hydrogens (primary N) is 1. The van der Waals surface area contributed by atoms with Gasteiger partial charge in [-0.1, -0.05) is 5.92 Å². The van der Waals surface area contributed by atoms with Gasteiger partial charge in [-0.05, 0) is 25.8 Å². The lowest BCUT2D eigenvalue weighted by molar-refractivity contribution is -0.133. The first-order chi connectivity index (χ1) is 6.27. The van der Waals surface area contributed by atoms with Crippen LogP contribution >= 0.6 is 0 Å². The molecule has 0 aromatic heterocycles. The van der Waals surface area contributed by atoms with Gasteiger partial charge in [-0.25, -0.2) is 0 Å². The molecule has 1 rings (SSSR count). The Morgan fingerprint density at radius 2 is 2.46 bits per heavy atom. The van der Waals surface area contributed by atoms with E-state index in [2.05, 4.69) is 11.8 Å². The van der Waals surface area contributed by atoms with Crippen molar-refractivity contribution < 1.29 is 4.79 Å². The highest BCUT2D eigenvalue weighted by Gasteiger charge is 2.23. The number of likely N-dealkylation sites (tertiary alicyclic amines) is 1. The fraction of sp³-hybridized carbons (Fsp3) is 0.700. The van der Waals surface area contributed by atoms with Crippen molar-refractivity contribution in [3.8, 4) is 11.8 Å². The highest BCUT2D eigenvalue weighted by atomic mass is 16.2. The van der Waals surface area contributed by atoms with Crippen molar-refractivity contribution in [3.05, 3.63) is 0 Å². The summed E-state index contributed by atoms with van der Waals surface area (Å²) in [6.45, 7) is 3.80. The Kier molecular flexibility index (Phi) is 3.78. The second-order valence-corrected chi connectivity index (χ2v) is 3.34. The maximum Gasteiger partial charge on any atom is 0.223 e. The second-order valence-electron chi connectivity index (χ2n) is 3.34. The third-order valence-electron chi connectivity index (χ3n) is 2.38. The average Bonchev–Trinajstić information content (AvgIpc) is 2.17. The first-order valence-electron chi connectivity index (χ1n) is 4.65. The molecule has 1 atom stereocenters. The molecule has 1 saturated heterocycles. The molecule has 13 heavy (non-hydrogen) atoms. The summed E-state index contributed by atoms with van der Waals surface area (Å²) in [7, 11) is 0. The van der Waals surface area contributed by atoms with E-state index in [-0.39, 0.29) is 5.91 Å². The van der Waals surface area contributed by atoms with Crippen LogP contribution in [0.3, 0.4) is 0 Å². The lowest BCUT2D eigenvalue weighted by Crippen LogP contribution is -2.42. The molecule has 2 N–H and O–H groups in total. The van der Waals surface area contributed by atoms with Gasteiger partial charge in [-0.3, -0.25) is 4.79 Å². The molecule has 1 aliphatic heterocycles. The fourth-order valence-corrected chi connectivity index (χ4v) is 1.51. The molecule has 0 aliphatic carbocycles. The summed E-state index contributed by atoms with van der Waals surface area (Å²) in [4.78, 5) is 13.2. The molecular weight excluding hydrogens is 164 g/mol. The van der Waals surface area contributed by atoms with Gasteiger partial charge in [-0.15, -0.1) is 5.92 Å². The number of carbonyl (C=O) groups is 1. The van der Waals surface area contributed by atoms with Gasteiger partial charge in [0.05, 0.1) is 6.54 Å². The topological polar surface area (TPSA) is 46.3 Å². The first-order valence-corrected chi connectivity index (χ1v) is 4.65. The van der Waals surface area contributed by atoms with Gasteiger partial charge < -0.3 is 10.6 Å². The van der Waals surface area contributed by atoms with Crippen molar-refractivity contribution in [3.63, 3.8) is 0 Å². The summed E-state index contributed by atoms with van der Waals surface area (Å²) in [5.41, 5.74) is 5.57. The summed E-state index contributed by atoms with van der Waals surface area (Å²) in [5, 5.41) is 0. The molecule has 1 fully saturated rings. The maximum absolute atomic E-state index is 11.4. The van der Waals surface area contributed by atoms with Crippen molar-refractivity contribution in [2.45, 2.75) is 19.8 Å². The molecule has 3 heteroatoms. The Bertz CT molecular complexity index is 239. The molecule has 0 saturated carbocycles. The molecule has 0 aromatic carbocycles. The van der Waals surface area contributed by atoms with Crippen LogP contribution in [-0.4, -0.2) is 30.4 Å². The third-order valence-corrected chi connectivity index (χ3v) is 2.38. The number of piperidine rings is 1. The smallest absolute Gasteiger partial charge is 0.223 e. The summed E-state index contributed by atoms with van der Waals surface area (Å²) < 4.78 is 0. The number of amides is 1. The lowest BCUT2D eigenvalue weighted by atomic mass is 9.98. The second kappa shape index (κ2) is 4.88. The standard InChI is InChI=1S/C10H16N2O/c1-2-3-6-12-8-9(7-11)4-5-10(12)13/h9H,4-8,11H2,1H3. The van der Waals surface area contributed by atoms with Gasteiger partial charge in [0.1, 0.15) is 0 Å². The highest BCUT2D eigenvalue weighted by Crippen LogP contribution is 2.15. The molecule has 0 aromatic rings. The van der Waals surface area contributed by atoms with Gasteiger partial charge in [0.2, 0.25) is 5.91 Å². The summed E-state index contributed by atoms with van der Waals surface area (Å²) in [5.74, 6) is 6.38. The number of carbonyl (C=O) groups excluding carboxylic acids is 1. The zero-order valence-electron chi connectivity index (χ0n) is 8.05. The molecule has 3 nitrogen and oxygen atoms in total. The van der Waals surface area contributed by atoms with E-state index >= 15 is 0 Å². The van der Waals surface area contributed by atoms with Crippen LogP contribution in [0, 0.1) is 17.8 Å². The van der Waals surface area contributed by atoms with E-state index in [1.807, 2.05) is 0 Å². The Morgan fingerprint density at radius 3 is 3.08 bits per heavy atom. The van der Waals surface area contributed by atoms with E-state index in [1.54, 1.807) is 11.8 Å². The molecular formula is C10H16N2O. The molecule has 1 amide bonds. The van der Waals surface area contributed by atoms with Gasteiger partial charge >= 0.3 is 0 Å². The van der Waals surface area contributed by atoms with Crippen LogP contribution in [0.2, 0.25) is 0 Å². The van der Waals surface area contributed by atoms with Gasteiger partial charge in [0, 0.05) is 13.0 Å². The Balaban J connectivity index is 2.48. The van der Waals surface area contributed by atoms with Crippen LogP contribution in [0.1, 0.15) is 19.8 Å².